The van der Waals surface area contributed by atoms with Crippen molar-refractivity contribution in [3.8, 4) is 11.5 Å². The zero-order valence-corrected chi connectivity index (χ0v) is 14.2. The van der Waals surface area contributed by atoms with Crippen molar-refractivity contribution in [2.75, 3.05) is 14.2 Å². The highest BCUT2D eigenvalue weighted by atomic mass is 79.9. The molecule has 0 amide bonds. The lowest BCUT2D eigenvalue weighted by molar-refractivity contribution is 0.352. The normalized spacial score (nSPS) is 12.2. The fourth-order valence-electron chi connectivity index (χ4n) is 1.98. The Bertz CT molecular complexity index is 557. The molecule has 0 radical (unpaired) electrons. The third kappa shape index (κ3) is 3.53. The largest absolute Gasteiger partial charge is 0.493 e. The van der Waals surface area contributed by atoms with Gasteiger partial charge in [-0.1, -0.05) is 6.07 Å². The van der Waals surface area contributed by atoms with E-state index in [1.54, 1.807) is 25.6 Å². The Morgan fingerprint density at radius 3 is 2.70 bits per heavy atom. The molecule has 0 aliphatic heterocycles. The summed E-state index contributed by atoms with van der Waals surface area (Å²) in [6, 6.07) is 8.60. The Morgan fingerprint density at radius 1 is 1.30 bits per heavy atom. The molecule has 0 saturated heterocycles. The molecule has 0 aliphatic carbocycles. The summed E-state index contributed by atoms with van der Waals surface area (Å²) in [6.45, 7) is 2.94. The Morgan fingerprint density at radius 2 is 2.10 bits per heavy atom. The summed E-state index contributed by atoms with van der Waals surface area (Å²) in [4.78, 5) is 1.34. The van der Waals surface area contributed by atoms with Crippen molar-refractivity contribution < 1.29 is 9.47 Å². The molecule has 108 valence electrons. The number of hydrogen-bond acceptors (Lipinski definition) is 4. The molecule has 0 bridgehead atoms. The third-order valence-electron chi connectivity index (χ3n) is 3.08. The van der Waals surface area contributed by atoms with E-state index in [4.69, 9.17) is 9.47 Å². The van der Waals surface area contributed by atoms with Crippen LogP contribution in [0, 0.1) is 0 Å². The Labute approximate surface area is 132 Å². The van der Waals surface area contributed by atoms with Crippen LogP contribution in [-0.4, -0.2) is 14.2 Å². The molecule has 0 fully saturated rings. The quantitative estimate of drug-likeness (QED) is 0.833. The predicted octanol–water partition coefficient (Wildman–Crippen LogP) is 4.38. The second-order valence-electron chi connectivity index (χ2n) is 4.43. The van der Waals surface area contributed by atoms with Gasteiger partial charge in [0, 0.05) is 17.5 Å². The van der Waals surface area contributed by atoms with Gasteiger partial charge in [-0.15, -0.1) is 11.3 Å². The van der Waals surface area contributed by atoms with Crippen LogP contribution in [0.25, 0.3) is 0 Å². The number of methoxy groups -OCH3 is 2. The molecular weight excluding hydrogens is 338 g/mol. The minimum atomic E-state index is 0.335. The summed E-state index contributed by atoms with van der Waals surface area (Å²) in [7, 11) is 3.29. The molecule has 1 aromatic carbocycles. The molecule has 3 nitrogen and oxygen atoms in total. The number of hydrogen-bond donors (Lipinski definition) is 1. The maximum Gasteiger partial charge on any atom is 0.174 e. The van der Waals surface area contributed by atoms with E-state index in [2.05, 4.69) is 51.7 Å². The van der Waals surface area contributed by atoms with Crippen LogP contribution < -0.4 is 14.8 Å². The van der Waals surface area contributed by atoms with Crippen molar-refractivity contribution in [2.45, 2.75) is 19.5 Å². The topological polar surface area (TPSA) is 30.5 Å². The lowest BCUT2D eigenvalue weighted by atomic mass is 10.2. The Balaban J connectivity index is 2.08. The van der Waals surface area contributed by atoms with Gasteiger partial charge in [0.15, 0.2) is 11.5 Å². The van der Waals surface area contributed by atoms with E-state index in [1.807, 2.05) is 6.07 Å². The fraction of sp³-hybridized carbons (Fsp3) is 0.333. The average molecular weight is 356 g/mol. The summed E-state index contributed by atoms with van der Waals surface area (Å²) < 4.78 is 11.6. The Hall–Kier alpha value is -1.04. The van der Waals surface area contributed by atoms with Crippen molar-refractivity contribution in [1.82, 2.24) is 5.32 Å². The first-order valence-corrected chi connectivity index (χ1v) is 8.00. The lowest BCUT2D eigenvalue weighted by Gasteiger charge is -2.15. The van der Waals surface area contributed by atoms with Gasteiger partial charge in [-0.25, -0.2) is 0 Å². The van der Waals surface area contributed by atoms with Gasteiger partial charge in [0.1, 0.15) is 0 Å². The van der Waals surface area contributed by atoms with Gasteiger partial charge in [0.05, 0.1) is 18.7 Å². The highest BCUT2D eigenvalue weighted by molar-refractivity contribution is 9.10. The molecule has 0 spiro atoms. The van der Waals surface area contributed by atoms with Gasteiger partial charge in [-0.3, -0.25) is 0 Å². The van der Waals surface area contributed by atoms with Crippen molar-refractivity contribution in [3.05, 3.63) is 44.6 Å². The maximum atomic E-state index is 5.36. The molecule has 0 unspecified atom stereocenters. The second-order valence-corrected chi connectivity index (χ2v) is 6.26. The van der Waals surface area contributed by atoms with Crippen molar-refractivity contribution >= 4 is 27.3 Å². The average Bonchev–Trinajstić information content (AvgIpc) is 2.98. The number of rotatable bonds is 6. The molecule has 2 aromatic rings. The number of halogens is 1. The SMILES string of the molecule is COc1cc(CN[C@@H](C)c2cccs2)cc(Br)c1OC. The summed E-state index contributed by atoms with van der Waals surface area (Å²) in [6.07, 6.45) is 0. The molecule has 0 aliphatic rings. The standard InChI is InChI=1S/C15H18BrNO2S/c1-10(14-5-4-6-20-14)17-9-11-7-12(16)15(19-3)13(8-11)18-2/h4-8,10,17H,9H2,1-3H3/t10-/m0/s1. The van der Waals surface area contributed by atoms with E-state index in [1.165, 1.54) is 4.88 Å². The van der Waals surface area contributed by atoms with Gasteiger partial charge in [-0.05, 0) is 52.0 Å². The van der Waals surface area contributed by atoms with Crippen LogP contribution in [-0.2, 0) is 6.54 Å². The first-order valence-electron chi connectivity index (χ1n) is 6.33. The van der Waals surface area contributed by atoms with Gasteiger partial charge < -0.3 is 14.8 Å². The molecule has 1 atom stereocenters. The van der Waals surface area contributed by atoms with E-state index >= 15 is 0 Å². The van der Waals surface area contributed by atoms with Crippen LogP contribution in [0.5, 0.6) is 11.5 Å². The third-order valence-corrected chi connectivity index (χ3v) is 4.72. The van der Waals surface area contributed by atoms with Gasteiger partial charge in [-0.2, -0.15) is 0 Å². The first-order chi connectivity index (χ1) is 9.65. The van der Waals surface area contributed by atoms with Gasteiger partial charge >= 0.3 is 0 Å². The molecule has 0 saturated carbocycles. The van der Waals surface area contributed by atoms with Crippen LogP contribution in [0.4, 0.5) is 0 Å². The highest BCUT2D eigenvalue weighted by Gasteiger charge is 2.11. The molecule has 1 heterocycles. The molecule has 5 heteroatoms. The Kier molecular flexibility index (Phi) is 5.46. The van der Waals surface area contributed by atoms with Gasteiger partial charge in [0.25, 0.3) is 0 Å². The van der Waals surface area contributed by atoms with Gasteiger partial charge in [0.2, 0.25) is 0 Å². The van der Waals surface area contributed by atoms with Crippen LogP contribution in [0.3, 0.4) is 0 Å². The van der Waals surface area contributed by atoms with E-state index in [-0.39, 0.29) is 0 Å². The number of benzene rings is 1. The monoisotopic (exact) mass is 355 g/mol. The second kappa shape index (κ2) is 7.11. The first kappa shape index (κ1) is 15.4. The summed E-state index contributed by atoms with van der Waals surface area (Å²) >= 11 is 5.28. The predicted molar refractivity (Wildman–Crippen MR) is 86.8 cm³/mol. The van der Waals surface area contributed by atoms with E-state index < -0.39 is 0 Å². The molecular formula is C15H18BrNO2S. The fourth-order valence-corrected chi connectivity index (χ4v) is 3.39. The minimum absolute atomic E-state index is 0.335. The summed E-state index contributed by atoms with van der Waals surface area (Å²) in [5, 5.41) is 5.61. The number of ether oxygens (including phenoxy) is 2. The number of thiophene rings is 1. The van der Waals surface area contributed by atoms with Crippen LogP contribution in [0.2, 0.25) is 0 Å². The van der Waals surface area contributed by atoms with Crippen molar-refractivity contribution in [2.24, 2.45) is 0 Å². The van der Waals surface area contributed by atoms with Crippen LogP contribution >= 0.6 is 27.3 Å². The zero-order chi connectivity index (χ0) is 14.5. The molecule has 1 N–H and O–H groups in total. The summed E-state index contributed by atoms with van der Waals surface area (Å²) in [5.74, 6) is 1.46. The molecule has 1 aromatic heterocycles. The highest BCUT2D eigenvalue weighted by Crippen LogP contribution is 2.36. The number of nitrogens with one attached hydrogen (secondary N) is 1. The smallest absolute Gasteiger partial charge is 0.174 e. The van der Waals surface area contributed by atoms with Crippen LogP contribution in [0.15, 0.2) is 34.1 Å². The minimum Gasteiger partial charge on any atom is -0.493 e. The lowest BCUT2D eigenvalue weighted by Crippen LogP contribution is -2.17. The maximum absolute atomic E-state index is 5.36. The molecule has 20 heavy (non-hydrogen) atoms. The molecule has 2 rings (SSSR count). The zero-order valence-electron chi connectivity index (χ0n) is 11.8. The van der Waals surface area contributed by atoms with E-state index in [0.717, 1.165) is 28.1 Å². The van der Waals surface area contributed by atoms with Crippen molar-refractivity contribution in [1.29, 1.82) is 0 Å². The van der Waals surface area contributed by atoms with Crippen molar-refractivity contribution in [3.63, 3.8) is 0 Å². The van der Waals surface area contributed by atoms with E-state index in [9.17, 15) is 0 Å². The summed E-state index contributed by atoms with van der Waals surface area (Å²) in [5.41, 5.74) is 1.15. The van der Waals surface area contributed by atoms with Crippen LogP contribution in [0.1, 0.15) is 23.4 Å². The van der Waals surface area contributed by atoms with E-state index in [0.29, 0.717) is 6.04 Å².